The van der Waals surface area contributed by atoms with Gasteiger partial charge in [-0.2, -0.15) is 0 Å². The molecule has 0 saturated heterocycles. The van der Waals surface area contributed by atoms with Gasteiger partial charge in [-0.1, -0.05) is 61.7 Å². The molecule has 5 aliphatic carbocycles. The maximum absolute atomic E-state index is 13.3. The van der Waals surface area contributed by atoms with E-state index in [0.29, 0.717) is 58.0 Å². The number of Topliss-reactive ketones (excluding diaryl/α,β-unsaturated/α-hetero) is 1. The topological polar surface area (TPSA) is 343 Å². The van der Waals surface area contributed by atoms with Crippen LogP contribution in [0.2, 0.25) is 10.0 Å². The van der Waals surface area contributed by atoms with Crippen LogP contribution in [0.4, 0.5) is 29.0 Å². The molecule has 12 rings (SSSR count). The van der Waals surface area contributed by atoms with Crippen LogP contribution < -0.4 is 54.7 Å². The second-order valence-corrected chi connectivity index (χ2v) is 22.2. The molecule has 5 saturated carbocycles. The predicted molar refractivity (Wildman–Crippen MR) is 300 cm³/mol. The number of aromatic nitrogens is 7. The van der Waals surface area contributed by atoms with Crippen LogP contribution >= 0.6 is 23.2 Å². The monoisotopic (exact) mass is 1140 g/mol. The Balaban J connectivity index is 0.000000143. The number of pyridine rings is 3. The van der Waals surface area contributed by atoms with Gasteiger partial charge < -0.3 is 43.0 Å². The zero-order valence-corrected chi connectivity index (χ0v) is 46.3. The highest BCUT2D eigenvalue weighted by atomic mass is 35.5. The SMILES string of the molecule is CC(=O)C1CCCC1.CC1(C2CCCC2)NC(=O)c2ccc(Cl)c(=O)n21.CC1(C2CCCC2)NC(=O)c2ccc(Nc3cc(NC(=O)C4CC4)ncn3)c(=O)n21.NC(=O)c1ccc(Cl)c(=O)[nH]1.Nc1cc(NC(=O)C2CC2)ncn1. The van der Waals surface area contributed by atoms with E-state index in [1.54, 1.807) is 46.4 Å². The number of halogens is 2. The molecular weight excluding hydrogens is 1070 g/mol. The third-order valence-electron chi connectivity index (χ3n) is 15.6. The number of nitrogens with zero attached hydrogens (tertiary/aromatic N) is 6. The molecule has 80 heavy (non-hydrogen) atoms. The number of H-pyrrole nitrogens is 1. The van der Waals surface area contributed by atoms with Gasteiger partial charge in [0.05, 0.1) is 0 Å². The number of nitrogens with two attached hydrogens (primary N) is 2. The third kappa shape index (κ3) is 13.8. The summed E-state index contributed by atoms with van der Waals surface area (Å²) in [6.07, 6.45) is 19.8. The molecule has 5 aromatic rings. The summed E-state index contributed by atoms with van der Waals surface area (Å²) >= 11 is 11.3. The van der Waals surface area contributed by atoms with E-state index in [0.717, 1.165) is 89.9 Å². The van der Waals surface area contributed by atoms with Gasteiger partial charge in [0.15, 0.2) is 0 Å². The van der Waals surface area contributed by atoms with Gasteiger partial charge >= 0.3 is 0 Å². The summed E-state index contributed by atoms with van der Waals surface area (Å²) in [5.41, 5.74) is 9.05. The highest BCUT2D eigenvalue weighted by Gasteiger charge is 2.48. The fourth-order valence-corrected chi connectivity index (χ4v) is 11.1. The molecule has 424 valence electrons. The molecule has 2 aliphatic heterocycles. The third-order valence-corrected chi connectivity index (χ3v) is 16.2. The first kappa shape index (κ1) is 58.4. The van der Waals surface area contributed by atoms with Crippen molar-refractivity contribution in [1.82, 2.24) is 44.7 Å². The van der Waals surface area contributed by atoms with E-state index in [1.165, 1.54) is 43.7 Å². The summed E-state index contributed by atoms with van der Waals surface area (Å²) < 4.78 is 3.14. The van der Waals surface area contributed by atoms with E-state index in [-0.39, 0.29) is 68.2 Å². The van der Waals surface area contributed by atoms with Crippen LogP contribution in [0.1, 0.15) is 155 Å². The summed E-state index contributed by atoms with van der Waals surface area (Å²) in [5, 5.41) is 14.7. The van der Waals surface area contributed by atoms with E-state index in [2.05, 4.69) is 51.5 Å². The molecular formula is C55H66Cl2N14O9. The molecule has 5 amide bonds. The predicted octanol–water partition coefficient (Wildman–Crippen LogP) is 6.74. The summed E-state index contributed by atoms with van der Waals surface area (Å²) in [4.78, 5) is 123. The first-order valence-corrected chi connectivity index (χ1v) is 27.7. The number of rotatable bonds is 10. The van der Waals surface area contributed by atoms with Crippen molar-refractivity contribution in [1.29, 1.82) is 0 Å². The molecule has 10 N–H and O–H groups in total. The number of ketones is 1. The van der Waals surface area contributed by atoms with Gasteiger partial charge in [0.2, 0.25) is 11.8 Å². The zero-order valence-electron chi connectivity index (χ0n) is 44.7. The summed E-state index contributed by atoms with van der Waals surface area (Å²) in [6, 6.07) is 12.2. The Hall–Kier alpha value is -7.79. The Kier molecular flexibility index (Phi) is 18.3. The van der Waals surface area contributed by atoms with E-state index >= 15 is 0 Å². The highest BCUT2D eigenvalue weighted by Crippen LogP contribution is 2.41. The van der Waals surface area contributed by atoms with E-state index in [1.807, 2.05) is 13.8 Å². The number of carbonyl (C=O) groups excluding carboxylic acids is 6. The van der Waals surface area contributed by atoms with Crippen LogP contribution in [0, 0.1) is 29.6 Å². The molecule has 5 fully saturated rings. The lowest BCUT2D eigenvalue weighted by molar-refractivity contribution is -0.120. The van der Waals surface area contributed by atoms with Crippen molar-refractivity contribution in [3.63, 3.8) is 0 Å². The fourth-order valence-electron chi connectivity index (χ4n) is 10.8. The van der Waals surface area contributed by atoms with Gasteiger partial charge in [0.1, 0.15) is 85.8 Å². The Labute approximate surface area is 470 Å². The molecule has 7 heterocycles. The lowest BCUT2D eigenvalue weighted by Gasteiger charge is -2.33. The Bertz CT molecular complexity index is 3360. The van der Waals surface area contributed by atoms with Crippen LogP contribution in [0.3, 0.4) is 0 Å². The average Bonchev–Trinajstić information content (AvgIpc) is 4.25. The number of aromatic amines is 1. The highest BCUT2D eigenvalue weighted by molar-refractivity contribution is 6.30. The Morgan fingerprint density at radius 3 is 1.52 bits per heavy atom. The maximum Gasteiger partial charge on any atom is 0.276 e. The molecule has 5 aromatic heterocycles. The van der Waals surface area contributed by atoms with E-state index in [4.69, 9.17) is 34.7 Å². The second kappa shape index (κ2) is 25.1. The minimum absolute atomic E-state index is 0.0260. The van der Waals surface area contributed by atoms with Crippen molar-refractivity contribution in [2.75, 3.05) is 21.7 Å². The lowest BCUT2D eigenvalue weighted by atomic mass is 9.92. The van der Waals surface area contributed by atoms with Crippen LogP contribution in [0.25, 0.3) is 0 Å². The lowest BCUT2D eigenvalue weighted by Crippen LogP contribution is -2.50. The van der Waals surface area contributed by atoms with Crippen molar-refractivity contribution in [2.45, 2.75) is 135 Å². The summed E-state index contributed by atoms with van der Waals surface area (Å²) in [7, 11) is 0. The largest absolute Gasteiger partial charge is 0.384 e. The molecule has 25 heteroatoms. The van der Waals surface area contributed by atoms with Gasteiger partial charge in [-0.3, -0.25) is 52.3 Å². The number of hydrogen-bond acceptors (Lipinski definition) is 15. The standard InChI is InChI=1S/C21H24N6O3.C13H15ClN2O2.C8H10N4O.C7H12O.C6H5ClN2O2/c1-21(13-4-2-3-5-13)26-19(29)15-9-8-14(20(30)27(15)21)24-16-10-17(23-11-22-16)25-18(28)12-6-7-12;1-13(8-4-2-3-5-8)15-11(17)10-7-6-9(14)12(18)16(10)13;9-6-3-7(11-4-10-6)12-8(13)5-1-2-5;1-6(8)7-4-2-3-5-7;7-3-1-2-4(5(8)10)9-6(3)11/h8-13H,2-7H2,1H3,(H,26,29)(H2,22,23,24,25,28);6-8H,2-5H2,1H3,(H,15,17);3-5H,1-2H2,(H3,9,10,11,12,13);7H,2-5H2,1H3;1-2H,(H2,8,10)(H,9,11). The van der Waals surface area contributed by atoms with Crippen molar-refractivity contribution < 1.29 is 28.8 Å². The summed E-state index contributed by atoms with van der Waals surface area (Å²) in [6.45, 7) is 5.56. The maximum atomic E-state index is 13.3. The number of anilines is 5. The van der Waals surface area contributed by atoms with Gasteiger partial charge in [0, 0.05) is 41.7 Å². The molecule has 23 nitrogen and oxygen atoms in total. The van der Waals surface area contributed by atoms with Crippen molar-refractivity contribution in [3.05, 3.63) is 119 Å². The minimum Gasteiger partial charge on any atom is -0.384 e. The van der Waals surface area contributed by atoms with E-state index < -0.39 is 22.8 Å². The molecule has 0 bridgehead atoms. The number of nitrogens with one attached hydrogen (secondary N) is 6. The van der Waals surface area contributed by atoms with Gasteiger partial charge in [-0.25, -0.2) is 19.9 Å². The zero-order chi connectivity index (χ0) is 57.5. The molecule has 0 aromatic carbocycles. The molecule has 2 atom stereocenters. The molecule has 0 radical (unpaired) electrons. The van der Waals surface area contributed by atoms with Crippen LogP contribution in [0.5, 0.6) is 0 Å². The second-order valence-electron chi connectivity index (χ2n) is 21.4. The molecule has 2 unspecified atom stereocenters. The first-order valence-electron chi connectivity index (χ1n) is 27.0. The van der Waals surface area contributed by atoms with Crippen molar-refractivity contribution in [3.8, 4) is 0 Å². The fraction of sp³-hybridized carbons (Fsp3) is 0.473. The number of fused-ring (bicyclic) bond motifs is 2. The quantitative estimate of drug-likeness (QED) is 0.0717. The number of carbonyl (C=O) groups is 6. The number of primary amides is 1. The minimum atomic E-state index is -0.729. The Morgan fingerprint density at radius 2 is 1.05 bits per heavy atom. The normalized spacial score (nSPS) is 20.8. The number of amides is 5. The van der Waals surface area contributed by atoms with Gasteiger partial charge in [-0.15, -0.1) is 0 Å². The summed E-state index contributed by atoms with van der Waals surface area (Å²) in [5.74, 6) is 2.10. The molecule has 7 aliphatic rings. The van der Waals surface area contributed by atoms with Crippen molar-refractivity contribution in [2.24, 2.45) is 35.3 Å². The average molecular weight is 1140 g/mol. The van der Waals surface area contributed by atoms with E-state index in [9.17, 15) is 43.2 Å². The number of hydrogen-bond donors (Lipinski definition) is 8. The smallest absolute Gasteiger partial charge is 0.276 e. The molecule has 0 spiro atoms. The Morgan fingerprint density at radius 1 is 0.588 bits per heavy atom. The van der Waals surface area contributed by atoms with Gasteiger partial charge in [-0.05, 0) is 121 Å². The van der Waals surface area contributed by atoms with Crippen molar-refractivity contribution >= 4 is 87.5 Å². The van der Waals surface area contributed by atoms with Crippen LogP contribution in [-0.2, 0) is 25.7 Å². The van der Waals surface area contributed by atoms with Gasteiger partial charge in [0.25, 0.3) is 34.4 Å². The number of nitrogen functional groups attached to an aromatic ring is 1. The van der Waals surface area contributed by atoms with Crippen LogP contribution in [-0.4, -0.2) is 69.4 Å². The first-order chi connectivity index (χ1) is 38.2. The van der Waals surface area contributed by atoms with Crippen LogP contribution in [0.15, 0.2) is 75.6 Å².